The van der Waals surface area contributed by atoms with Gasteiger partial charge >= 0.3 is 5.97 Å². The van der Waals surface area contributed by atoms with Crippen molar-refractivity contribution in [2.75, 3.05) is 6.61 Å². The number of hydrogen-bond acceptors (Lipinski definition) is 2. The summed E-state index contributed by atoms with van der Waals surface area (Å²) in [5, 5.41) is 0. The van der Waals surface area contributed by atoms with Crippen LogP contribution in [0.3, 0.4) is 0 Å². The largest absolute Gasteiger partial charge is 0.452 e. The molecule has 0 heterocycles. The van der Waals surface area contributed by atoms with Crippen LogP contribution in [0.5, 0.6) is 0 Å². The van der Waals surface area contributed by atoms with Crippen molar-refractivity contribution in [3.63, 3.8) is 0 Å². The maximum absolute atomic E-state index is 11.6. The van der Waals surface area contributed by atoms with Gasteiger partial charge in [0.15, 0.2) is 6.61 Å². The molecule has 0 saturated heterocycles. The fourth-order valence-corrected chi connectivity index (χ4v) is 3.30. The number of esters is 1. The third-order valence-electron chi connectivity index (χ3n) is 4.82. The lowest BCUT2D eigenvalue weighted by atomic mass is 10.0. The van der Waals surface area contributed by atoms with E-state index in [9.17, 15) is 4.79 Å². The summed E-state index contributed by atoms with van der Waals surface area (Å²) in [6.45, 7) is 2.53. The standard InChI is InChI=1S/C21H36O2/c1-2-3-4-5-6-7-8-9-10-11-14-19-23-21(22)18-17-20-15-12-13-16-20/h20H,2-10,12-13,15-19H2,1H3. The first-order chi connectivity index (χ1) is 11.3. The average Bonchev–Trinajstić information content (AvgIpc) is 3.07. The molecule has 0 aromatic rings. The topological polar surface area (TPSA) is 26.3 Å². The Balaban J connectivity index is 1.84. The van der Waals surface area contributed by atoms with Crippen LogP contribution in [-0.4, -0.2) is 12.6 Å². The summed E-state index contributed by atoms with van der Waals surface area (Å²) in [4.78, 5) is 11.6. The highest BCUT2D eigenvalue weighted by molar-refractivity contribution is 5.69. The number of carbonyl (C=O) groups is 1. The summed E-state index contributed by atoms with van der Waals surface area (Å²) in [6, 6.07) is 0. The molecule has 2 heteroatoms. The van der Waals surface area contributed by atoms with Gasteiger partial charge < -0.3 is 4.74 Å². The highest BCUT2D eigenvalue weighted by Crippen LogP contribution is 2.28. The van der Waals surface area contributed by atoms with Gasteiger partial charge in [-0.3, -0.25) is 4.79 Å². The summed E-state index contributed by atoms with van der Waals surface area (Å²) in [5.74, 6) is 6.78. The molecule has 0 bridgehead atoms. The fraction of sp³-hybridized carbons (Fsp3) is 0.857. The molecule has 23 heavy (non-hydrogen) atoms. The van der Waals surface area contributed by atoms with Crippen LogP contribution in [-0.2, 0) is 9.53 Å². The van der Waals surface area contributed by atoms with Crippen molar-refractivity contribution in [3.8, 4) is 11.8 Å². The molecule has 1 saturated carbocycles. The second-order valence-corrected chi connectivity index (χ2v) is 6.93. The van der Waals surface area contributed by atoms with Gasteiger partial charge in [0.2, 0.25) is 0 Å². The minimum atomic E-state index is -0.0710. The molecule has 0 N–H and O–H groups in total. The first-order valence-corrected chi connectivity index (χ1v) is 9.94. The Morgan fingerprint density at radius 3 is 2.30 bits per heavy atom. The Bertz CT molecular complexity index is 345. The summed E-state index contributed by atoms with van der Waals surface area (Å²) >= 11 is 0. The van der Waals surface area contributed by atoms with Crippen LogP contribution >= 0.6 is 0 Å². The molecular formula is C21H36O2. The lowest BCUT2D eigenvalue weighted by molar-refractivity contribution is -0.142. The summed E-state index contributed by atoms with van der Waals surface area (Å²) in [5.41, 5.74) is 0. The second kappa shape index (κ2) is 14.6. The van der Waals surface area contributed by atoms with Gasteiger partial charge in [0, 0.05) is 12.8 Å². The molecule has 1 fully saturated rings. The van der Waals surface area contributed by atoms with Crippen LogP contribution < -0.4 is 0 Å². The van der Waals surface area contributed by atoms with Gasteiger partial charge in [-0.15, -0.1) is 0 Å². The monoisotopic (exact) mass is 320 g/mol. The zero-order valence-corrected chi connectivity index (χ0v) is 15.2. The predicted molar refractivity (Wildman–Crippen MR) is 97.2 cm³/mol. The molecule has 1 aliphatic rings. The average molecular weight is 321 g/mol. The van der Waals surface area contributed by atoms with Gasteiger partial charge in [0.05, 0.1) is 0 Å². The summed E-state index contributed by atoms with van der Waals surface area (Å²) < 4.78 is 5.17. The molecule has 1 rings (SSSR count). The van der Waals surface area contributed by atoms with Crippen molar-refractivity contribution in [2.24, 2.45) is 5.92 Å². The van der Waals surface area contributed by atoms with Crippen molar-refractivity contribution >= 4 is 5.97 Å². The lowest BCUT2D eigenvalue weighted by Crippen LogP contribution is -2.06. The Hall–Kier alpha value is -0.970. The van der Waals surface area contributed by atoms with Gasteiger partial charge in [-0.1, -0.05) is 89.4 Å². The number of carbonyl (C=O) groups excluding carboxylic acids is 1. The Morgan fingerprint density at radius 1 is 0.957 bits per heavy atom. The van der Waals surface area contributed by atoms with Crippen LogP contribution in [0.4, 0.5) is 0 Å². The molecule has 132 valence electrons. The van der Waals surface area contributed by atoms with Gasteiger partial charge in [-0.2, -0.15) is 0 Å². The number of unbranched alkanes of at least 4 members (excludes halogenated alkanes) is 8. The zero-order chi connectivity index (χ0) is 16.6. The van der Waals surface area contributed by atoms with E-state index in [0.717, 1.165) is 18.8 Å². The third kappa shape index (κ3) is 12.2. The number of rotatable bonds is 12. The van der Waals surface area contributed by atoms with Crippen LogP contribution in [0.1, 0.15) is 103 Å². The van der Waals surface area contributed by atoms with E-state index in [4.69, 9.17) is 4.74 Å². The van der Waals surface area contributed by atoms with E-state index < -0.39 is 0 Å². The highest BCUT2D eigenvalue weighted by Gasteiger charge is 2.16. The van der Waals surface area contributed by atoms with E-state index >= 15 is 0 Å². The third-order valence-corrected chi connectivity index (χ3v) is 4.82. The molecule has 0 unspecified atom stereocenters. The normalized spacial score (nSPS) is 14.5. The molecule has 0 aliphatic heterocycles. The quantitative estimate of drug-likeness (QED) is 0.249. The highest BCUT2D eigenvalue weighted by atomic mass is 16.5. The van der Waals surface area contributed by atoms with E-state index in [1.54, 1.807) is 0 Å². The van der Waals surface area contributed by atoms with Crippen molar-refractivity contribution in [3.05, 3.63) is 0 Å². The van der Waals surface area contributed by atoms with Crippen molar-refractivity contribution in [1.82, 2.24) is 0 Å². The van der Waals surface area contributed by atoms with Crippen LogP contribution in [0.15, 0.2) is 0 Å². The summed E-state index contributed by atoms with van der Waals surface area (Å²) in [6.07, 6.45) is 18.4. The van der Waals surface area contributed by atoms with Gasteiger partial charge in [0.1, 0.15) is 0 Å². The molecule has 0 spiro atoms. The van der Waals surface area contributed by atoms with Crippen LogP contribution in [0.25, 0.3) is 0 Å². The maximum Gasteiger partial charge on any atom is 0.306 e. The van der Waals surface area contributed by atoms with Gasteiger partial charge in [-0.25, -0.2) is 0 Å². The van der Waals surface area contributed by atoms with Crippen molar-refractivity contribution in [1.29, 1.82) is 0 Å². The Labute approximate surface area is 143 Å². The molecule has 0 atom stereocenters. The molecule has 1 aliphatic carbocycles. The van der Waals surface area contributed by atoms with E-state index in [0.29, 0.717) is 6.42 Å². The minimum Gasteiger partial charge on any atom is -0.452 e. The van der Waals surface area contributed by atoms with E-state index in [-0.39, 0.29) is 12.6 Å². The molecule has 0 radical (unpaired) electrons. The molecular weight excluding hydrogens is 284 g/mol. The van der Waals surface area contributed by atoms with E-state index in [2.05, 4.69) is 18.8 Å². The molecule has 0 amide bonds. The van der Waals surface area contributed by atoms with Gasteiger partial charge in [-0.05, 0) is 18.8 Å². The van der Waals surface area contributed by atoms with E-state index in [1.165, 1.54) is 77.0 Å². The van der Waals surface area contributed by atoms with Crippen molar-refractivity contribution < 1.29 is 9.53 Å². The number of hydrogen-bond donors (Lipinski definition) is 0. The first-order valence-electron chi connectivity index (χ1n) is 9.94. The molecule has 2 nitrogen and oxygen atoms in total. The smallest absolute Gasteiger partial charge is 0.306 e. The maximum atomic E-state index is 11.6. The number of ether oxygens (including phenoxy) is 1. The molecule has 0 aromatic carbocycles. The van der Waals surface area contributed by atoms with Crippen molar-refractivity contribution in [2.45, 2.75) is 103 Å². The van der Waals surface area contributed by atoms with E-state index in [1.807, 2.05) is 0 Å². The van der Waals surface area contributed by atoms with Crippen LogP contribution in [0.2, 0.25) is 0 Å². The second-order valence-electron chi connectivity index (χ2n) is 6.93. The minimum absolute atomic E-state index is 0.0710. The Morgan fingerprint density at radius 2 is 1.61 bits per heavy atom. The summed E-state index contributed by atoms with van der Waals surface area (Å²) in [7, 11) is 0. The fourth-order valence-electron chi connectivity index (χ4n) is 3.30. The lowest BCUT2D eigenvalue weighted by Gasteiger charge is -2.07. The molecule has 0 aromatic heterocycles. The first kappa shape index (κ1) is 20.1. The predicted octanol–water partition coefficient (Wildman–Crippen LogP) is 6.03. The Kier molecular flexibility index (Phi) is 12.8. The van der Waals surface area contributed by atoms with Gasteiger partial charge in [0.25, 0.3) is 0 Å². The SMILES string of the molecule is CCCCCCCCCCC#CCOC(=O)CCC1CCCC1. The van der Waals surface area contributed by atoms with Crippen LogP contribution in [0, 0.1) is 17.8 Å². The zero-order valence-electron chi connectivity index (χ0n) is 15.2.